The zero-order chi connectivity index (χ0) is 13.4. The van der Waals surface area contributed by atoms with Crippen molar-refractivity contribution in [3.8, 4) is 0 Å². The van der Waals surface area contributed by atoms with Crippen LogP contribution in [0.25, 0.3) is 0 Å². The van der Waals surface area contributed by atoms with Crippen LogP contribution in [0.4, 0.5) is 5.69 Å². The van der Waals surface area contributed by atoms with Gasteiger partial charge in [-0.1, -0.05) is 32.9 Å². The van der Waals surface area contributed by atoms with Gasteiger partial charge >= 0.3 is 0 Å². The largest absolute Gasteiger partial charge is 0.326 e. The van der Waals surface area contributed by atoms with Crippen LogP contribution < -0.4 is 10.6 Å². The van der Waals surface area contributed by atoms with Gasteiger partial charge in [-0.05, 0) is 36.6 Å². The molecule has 0 aliphatic heterocycles. The summed E-state index contributed by atoms with van der Waals surface area (Å²) in [4.78, 5) is 11.7. The summed E-state index contributed by atoms with van der Waals surface area (Å²) >= 11 is 0. The Balaban J connectivity index is 2.51. The van der Waals surface area contributed by atoms with Crippen molar-refractivity contribution in [3.63, 3.8) is 0 Å². The Hall–Kier alpha value is -1.35. The quantitative estimate of drug-likeness (QED) is 0.728. The van der Waals surface area contributed by atoms with Gasteiger partial charge in [-0.2, -0.15) is 0 Å². The van der Waals surface area contributed by atoms with E-state index in [2.05, 4.69) is 23.6 Å². The first-order valence-corrected chi connectivity index (χ1v) is 6.71. The molecule has 1 aromatic rings. The van der Waals surface area contributed by atoms with Gasteiger partial charge in [-0.3, -0.25) is 4.79 Å². The van der Waals surface area contributed by atoms with E-state index in [1.54, 1.807) is 0 Å². The standard InChI is InChI=1S/C15H24N2O/c1-4-8-16-11-13-6-5-7-14(10-13)17-15(18)9-12(2)3/h5-7,10,12,16H,4,8-9,11H2,1-3H3,(H,17,18). The third-order valence-electron chi connectivity index (χ3n) is 2.56. The Labute approximate surface area is 110 Å². The van der Waals surface area contributed by atoms with Crippen molar-refractivity contribution in [2.45, 2.75) is 40.2 Å². The van der Waals surface area contributed by atoms with Crippen LogP contribution >= 0.6 is 0 Å². The summed E-state index contributed by atoms with van der Waals surface area (Å²) in [6.45, 7) is 8.11. The molecule has 0 spiro atoms. The molecular weight excluding hydrogens is 224 g/mol. The number of amides is 1. The number of nitrogens with one attached hydrogen (secondary N) is 2. The lowest BCUT2D eigenvalue weighted by molar-refractivity contribution is -0.116. The van der Waals surface area contributed by atoms with E-state index in [9.17, 15) is 4.79 Å². The van der Waals surface area contributed by atoms with Gasteiger partial charge in [0.25, 0.3) is 0 Å². The molecule has 1 aromatic carbocycles. The molecule has 18 heavy (non-hydrogen) atoms. The average Bonchev–Trinajstić information content (AvgIpc) is 2.28. The Morgan fingerprint density at radius 3 is 2.78 bits per heavy atom. The molecule has 0 fully saturated rings. The fourth-order valence-electron chi connectivity index (χ4n) is 1.75. The first-order valence-electron chi connectivity index (χ1n) is 6.71. The summed E-state index contributed by atoms with van der Waals surface area (Å²) in [6, 6.07) is 8.01. The third-order valence-corrected chi connectivity index (χ3v) is 2.56. The molecule has 0 bridgehead atoms. The number of rotatable bonds is 7. The van der Waals surface area contributed by atoms with Gasteiger partial charge in [0.05, 0.1) is 0 Å². The number of carbonyl (C=O) groups excluding carboxylic acids is 1. The number of anilines is 1. The Morgan fingerprint density at radius 2 is 2.11 bits per heavy atom. The van der Waals surface area contributed by atoms with E-state index in [4.69, 9.17) is 0 Å². The lowest BCUT2D eigenvalue weighted by Crippen LogP contribution is -2.15. The smallest absolute Gasteiger partial charge is 0.224 e. The summed E-state index contributed by atoms with van der Waals surface area (Å²) in [5.74, 6) is 0.475. The van der Waals surface area contributed by atoms with Crippen molar-refractivity contribution >= 4 is 11.6 Å². The van der Waals surface area contributed by atoms with Crippen molar-refractivity contribution in [1.82, 2.24) is 5.32 Å². The summed E-state index contributed by atoms with van der Waals surface area (Å²) in [6.07, 6.45) is 1.70. The van der Waals surface area contributed by atoms with Gasteiger partial charge in [0.1, 0.15) is 0 Å². The highest BCUT2D eigenvalue weighted by molar-refractivity contribution is 5.90. The van der Waals surface area contributed by atoms with Gasteiger partial charge in [-0.25, -0.2) is 0 Å². The van der Waals surface area contributed by atoms with Crippen molar-refractivity contribution in [2.75, 3.05) is 11.9 Å². The second-order valence-electron chi connectivity index (χ2n) is 5.02. The Morgan fingerprint density at radius 1 is 1.33 bits per heavy atom. The fraction of sp³-hybridized carbons (Fsp3) is 0.533. The molecule has 0 saturated carbocycles. The minimum absolute atomic E-state index is 0.0867. The zero-order valence-corrected chi connectivity index (χ0v) is 11.6. The first kappa shape index (κ1) is 14.7. The first-order chi connectivity index (χ1) is 8.61. The van der Waals surface area contributed by atoms with Crippen LogP contribution in [0.2, 0.25) is 0 Å². The highest BCUT2D eigenvalue weighted by Gasteiger charge is 2.05. The molecule has 0 atom stereocenters. The van der Waals surface area contributed by atoms with Crippen LogP contribution in [0.15, 0.2) is 24.3 Å². The summed E-state index contributed by atoms with van der Waals surface area (Å²) in [5.41, 5.74) is 2.09. The minimum Gasteiger partial charge on any atom is -0.326 e. The molecule has 3 heteroatoms. The number of hydrogen-bond donors (Lipinski definition) is 2. The van der Waals surface area contributed by atoms with Crippen LogP contribution in [-0.2, 0) is 11.3 Å². The van der Waals surface area contributed by atoms with Gasteiger partial charge in [0.15, 0.2) is 0 Å². The van der Waals surface area contributed by atoms with E-state index in [-0.39, 0.29) is 5.91 Å². The second kappa shape index (κ2) is 7.88. The average molecular weight is 248 g/mol. The topological polar surface area (TPSA) is 41.1 Å². The minimum atomic E-state index is 0.0867. The van der Waals surface area contributed by atoms with E-state index < -0.39 is 0 Å². The Kier molecular flexibility index (Phi) is 6.44. The molecule has 3 nitrogen and oxygen atoms in total. The van der Waals surface area contributed by atoms with Crippen molar-refractivity contribution in [3.05, 3.63) is 29.8 Å². The van der Waals surface area contributed by atoms with Crippen LogP contribution in [0.5, 0.6) is 0 Å². The summed E-state index contributed by atoms with van der Waals surface area (Å²) in [5, 5.41) is 6.29. The molecule has 0 aliphatic carbocycles. The van der Waals surface area contributed by atoms with Gasteiger partial charge in [0.2, 0.25) is 5.91 Å². The predicted octanol–water partition coefficient (Wildman–Crippen LogP) is 3.17. The molecule has 0 saturated heterocycles. The van der Waals surface area contributed by atoms with E-state index >= 15 is 0 Å². The molecule has 100 valence electrons. The summed E-state index contributed by atoms with van der Waals surface area (Å²) < 4.78 is 0. The van der Waals surface area contributed by atoms with E-state index in [1.807, 2.05) is 32.0 Å². The zero-order valence-electron chi connectivity index (χ0n) is 11.6. The summed E-state index contributed by atoms with van der Waals surface area (Å²) in [7, 11) is 0. The molecule has 0 aromatic heterocycles. The third kappa shape index (κ3) is 5.82. The van der Waals surface area contributed by atoms with Crippen LogP contribution in [0, 0.1) is 5.92 Å². The van der Waals surface area contributed by atoms with Crippen LogP contribution in [0.3, 0.4) is 0 Å². The van der Waals surface area contributed by atoms with Gasteiger partial charge in [-0.15, -0.1) is 0 Å². The van der Waals surface area contributed by atoms with E-state index in [1.165, 1.54) is 5.56 Å². The monoisotopic (exact) mass is 248 g/mol. The lowest BCUT2D eigenvalue weighted by Gasteiger charge is -2.09. The normalized spacial score (nSPS) is 10.7. The molecule has 0 unspecified atom stereocenters. The molecule has 0 heterocycles. The molecule has 1 rings (SSSR count). The van der Waals surface area contributed by atoms with Crippen LogP contribution in [-0.4, -0.2) is 12.5 Å². The highest BCUT2D eigenvalue weighted by atomic mass is 16.1. The molecule has 2 N–H and O–H groups in total. The van der Waals surface area contributed by atoms with Crippen molar-refractivity contribution in [2.24, 2.45) is 5.92 Å². The van der Waals surface area contributed by atoms with E-state index in [0.29, 0.717) is 12.3 Å². The van der Waals surface area contributed by atoms with Gasteiger partial charge < -0.3 is 10.6 Å². The lowest BCUT2D eigenvalue weighted by atomic mass is 10.1. The number of carbonyl (C=O) groups is 1. The SMILES string of the molecule is CCCNCc1cccc(NC(=O)CC(C)C)c1. The van der Waals surface area contributed by atoms with Crippen LogP contribution in [0.1, 0.15) is 39.2 Å². The predicted molar refractivity (Wildman–Crippen MR) is 76.5 cm³/mol. The van der Waals surface area contributed by atoms with Gasteiger partial charge in [0, 0.05) is 18.7 Å². The molecule has 0 aliphatic rings. The molecular formula is C15H24N2O. The van der Waals surface area contributed by atoms with Crippen molar-refractivity contribution < 1.29 is 4.79 Å². The Bertz CT molecular complexity index is 375. The molecule has 1 amide bonds. The maximum absolute atomic E-state index is 11.7. The number of hydrogen-bond acceptors (Lipinski definition) is 2. The second-order valence-corrected chi connectivity index (χ2v) is 5.02. The number of benzene rings is 1. The molecule has 0 radical (unpaired) electrons. The maximum atomic E-state index is 11.7. The maximum Gasteiger partial charge on any atom is 0.224 e. The van der Waals surface area contributed by atoms with E-state index in [0.717, 1.165) is 25.2 Å². The van der Waals surface area contributed by atoms with Crippen molar-refractivity contribution in [1.29, 1.82) is 0 Å². The highest BCUT2D eigenvalue weighted by Crippen LogP contribution is 2.12. The fourth-order valence-corrected chi connectivity index (χ4v) is 1.75.